The summed E-state index contributed by atoms with van der Waals surface area (Å²) in [5.74, 6) is 6.40. The Kier molecular flexibility index (Phi) is 5.10. The van der Waals surface area contributed by atoms with Crippen molar-refractivity contribution in [2.75, 3.05) is 23.5 Å². The van der Waals surface area contributed by atoms with E-state index in [0.717, 1.165) is 0 Å². The highest BCUT2D eigenvalue weighted by atomic mass is 79.9. The second-order valence-electron chi connectivity index (χ2n) is 3.22. The van der Waals surface area contributed by atoms with Gasteiger partial charge in [-0.25, -0.2) is 15.8 Å². The van der Waals surface area contributed by atoms with Crippen LogP contribution in [0.2, 0.25) is 0 Å². The molecule has 0 spiro atoms. The number of nitrogen functional groups attached to an aromatic ring is 1. The predicted octanol–water partition coefficient (Wildman–Crippen LogP) is 0.704. The first-order valence-electron chi connectivity index (χ1n) is 4.59. The average Bonchev–Trinajstić information content (AvgIpc) is 2.27. The minimum atomic E-state index is -0.859. The maximum Gasteiger partial charge on any atom is 0.159 e. The van der Waals surface area contributed by atoms with Gasteiger partial charge in [-0.05, 0) is 22.9 Å². The molecule has 6 nitrogen and oxygen atoms in total. The second-order valence-corrected chi connectivity index (χ2v) is 5.81. The molecule has 1 aromatic heterocycles. The Bertz CT molecular complexity index is 389. The van der Waals surface area contributed by atoms with Crippen LogP contribution in [0.5, 0.6) is 0 Å². The molecule has 0 radical (unpaired) electrons. The van der Waals surface area contributed by atoms with E-state index in [2.05, 4.69) is 36.6 Å². The minimum Gasteiger partial charge on any atom is -0.368 e. The molecule has 0 aromatic carbocycles. The molecule has 1 rings (SSSR count). The third-order valence-corrected chi connectivity index (χ3v) is 4.10. The van der Waals surface area contributed by atoms with Crippen LogP contribution in [0.25, 0.3) is 0 Å². The lowest BCUT2D eigenvalue weighted by Crippen LogP contribution is -2.21. The minimum absolute atomic E-state index is 0.0520. The first-order valence-corrected chi connectivity index (χ1v) is 7.01. The number of hydrazine groups is 1. The molecule has 1 aromatic rings. The van der Waals surface area contributed by atoms with Gasteiger partial charge in [0, 0.05) is 28.9 Å². The number of anilines is 2. The maximum atomic E-state index is 11.2. The SMILES string of the molecule is CC(CNc1ncnc(NN)c1Br)S(C)=O. The molecule has 0 aliphatic rings. The van der Waals surface area contributed by atoms with Crippen LogP contribution in [0.4, 0.5) is 11.6 Å². The lowest BCUT2D eigenvalue weighted by Gasteiger charge is -2.12. The van der Waals surface area contributed by atoms with E-state index in [1.807, 2.05) is 6.92 Å². The Hall–Kier alpha value is -0.730. The summed E-state index contributed by atoms with van der Waals surface area (Å²) in [7, 11) is -0.859. The van der Waals surface area contributed by atoms with E-state index in [4.69, 9.17) is 5.84 Å². The zero-order chi connectivity index (χ0) is 12.1. The molecule has 0 saturated carbocycles. The summed E-state index contributed by atoms with van der Waals surface area (Å²) in [6.07, 6.45) is 3.07. The summed E-state index contributed by atoms with van der Waals surface area (Å²) in [4.78, 5) is 7.98. The third kappa shape index (κ3) is 3.39. The van der Waals surface area contributed by atoms with Crippen LogP contribution < -0.4 is 16.6 Å². The number of halogens is 1. The van der Waals surface area contributed by atoms with Crippen LogP contribution in [0, 0.1) is 0 Å². The Morgan fingerprint density at radius 1 is 1.56 bits per heavy atom. The van der Waals surface area contributed by atoms with Gasteiger partial charge in [0.2, 0.25) is 0 Å². The molecule has 16 heavy (non-hydrogen) atoms. The van der Waals surface area contributed by atoms with Gasteiger partial charge >= 0.3 is 0 Å². The largest absolute Gasteiger partial charge is 0.368 e. The number of rotatable bonds is 5. The number of nitrogens with one attached hydrogen (secondary N) is 2. The zero-order valence-electron chi connectivity index (χ0n) is 9.03. The highest BCUT2D eigenvalue weighted by Crippen LogP contribution is 2.25. The quantitative estimate of drug-likeness (QED) is 0.548. The first-order chi connectivity index (χ1) is 7.56. The van der Waals surface area contributed by atoms with Gasteiger partial charge in [0.15, 0.2) is 5.82 Å². The molecule has 90 valence electrons. The maximum absolute atomic E-state index is 11.2. The van der Waals surface area contributed by atoms with Crippen molar-refractivity contribution in [3.05, 3.63) is 10.8 Å². The highest BCUT2D eigenvalue weighted by Gasteiger charge is 2.10. The number of aromatic nitrogens is 2. The van der Waals surface area contributed by atoms with Crippen LogP contribution in [-0.2, 0) is 10.8 Å². The van der Waals surface area contributed by atoms with Crippen molar-refractivity contribution < 1.29 is 4.21 Å². The standard InChI is InChI=1S/C8H14BrN5OS/c1-5(16(2)15)3-11-7-6(9)8(14-10)13-4-12-7/h4-5H,3,10H2,1-2H3,(H2,11,12,13,14). The van der Waals surface area contributed by atoms with Crippen molar-refractivity contribution in [2.45, 2.75) is 12.2 Å². The predicted molar refractivity (Wildman–Crippen MR) is 69.6 cm³/mol. The van der Waals surface area contributed by atoms with Gasteiger partial charge < -0.3 is 10.7 Å². The van der Waals surface area contributed by atoms with Gasteiger partial charge in [0.25, 0.3) is 0 Å². The Balaban J connectivity index is 2.71. The summed E-state index contributed by atoms with van der Waals surface area (Å²) in [5, 5.41) is 3.13. The van der Waals surface area contributed by atoms with E-state index in [-0.39, 0.29) is 5.25 Å². The molecule has 8 heteroatoms. The van der Waals surface area contributed by atoms with Crippen molar-refractivity contribution in [2.24, 2.45) is 5.84 Å². The highest BCUT2D eigenvalue weighted by molar-refractivity contribution is 9.10. The fraction of sp³-hybridized carbons (Fsp3) is 0.500. The average molecular weight is 308 g/mol. The van der Waals surface area contributed by atoms with E-state index in [1.165, 1.54) is 6.33 Å². The van der Waals surface area contributed by atoms with Crippen LogP contribution in [0.15, 0.2) is 10.8 Å². The van der Waals surface area contributed by atoms with Gasteiger partial charge in [0.1, 0.15) is 16.6 Å². The molecule has 0 bridgehead atoms. The summed E-state index contributed by atoms with van der Waals surface area (Å²) in [6.45, 7) is 2.48. The van der Waals surface area contributed by atoms with E-state index in [9.17, 15) is 4.21 Å². The van der Waals surface area contributed by atoms with Gasteiger partial charge in [-0.3, -0.25) is 4.21 Å². The second kappa shape index (κ2) is 6.12. The lowest BCUT2D eigenvalue weighted by atomic mass is 10.4. The molecule has 1 heterocycles. The van der Waals surface area contributed by atoms with E-state index in [0.29, 0.717) is 22.7 Å². The lowest BCUT2D eigenvalue weighted by molar-refractivity contribution is 0.678. The number of nitrogens with zero attached hydrogens (tertiary/aromatic N) is 2. The Morgan fingerprint density at radius 3 is 2.75 bits per heavy atom. The molecule has 4 N–H and O–H groups in total. The Morgan fingerprint density at radius 2 is 2.19 bits per heavy atom. The normalized spacial score (nSPS) is 14.2. The van der Waals surface area contributed by atoms with Crippen molar-refractivity contribution in [3.63, 3.8) is 0 Å². The topological polar surface area (TPSA) is 92.9 Å². The molecular formula is C8H14BrN5OS. The molecule has 0 saturated heterocycles. The molecule has 0 fully saturated rings. The number of nitrogens with two attached hydrogens (primary N) is 1. The smallest absolute Gasteiger partial charge is 0.159 e. The fourth-order valence-corrected chi connectivity index (χ4v) is 1.73. The van der Waals surface area contributed by atoms with E-state index < -0.39 is 10.8 Å². The van der Waals surface area contributed by atoms with Crippen LogP contribution in [0.1, 0.15) is 6.92 Å². The zero-order valence-corrected chi connectivity index (χ0v) is 11.4. The van der Waals surface area contributed by atoms with Gasteiger partial charge in [-0.15, -0.1) is 0 Å². The molecule has 2 unspecified atom stereocenters. The fourth-order valence-electron chi connectivity index (χ4n) is 0.951. The molecule has 0 aliphatic heterocycles. The van der Waals surface area contributed by atoms with Gasteiger partial charge in [-0.1, -0.05) is 0 Å². The summed E-state index contributed by atoms with van der Waals surface area (Å²) in [5.41, 5.74) is 2.45. The van der Waals surface area contributed by atoms with Gasteiger partial charge in [0.05, 0.1) is 0 Å². The Labute approximate surface area is 105 Å². The van der Waals surface area contributed by atoms with Gasteiger partial charge in [-0.2, -0.15) is 0 Å². The number of hydrogen-bond acceptors (Lipinski definition) is 6. The van der Waals surface area contributed by atoms with Crippen LogP contribution in [-0.4, -0.2) is 32.2 Å². The van der Waals surface area contributed by atoms with E-state index in [1.54, 1.807) is 6.26 Å². The number of hydrogen-bond donors (Lipinski definition) is 3. The third-order valence-electron chi connectivity index (χ3n) is 2.05. The summed E-state index contributed by atoms with van der Waals surface area (Å²) < 4.78 is 11.8. The molecular weight excluding hydrogens is 294 g/mol. The van der Waals surface area contributed by atoms with Crippen molar-refractivity contribution in [1.29, 1.82) is 0 Å². The summed E-state index contributed by atoms with van der Waals surface area (Å²) in [6, 6.07) is 0. The van der Waals surface area contributed by atoms with Crippen molar-refractivity contribution >= 4 is 38.4 Å². The van der Waals surface area contributed by atoms with Crippen LogP contribution in [0.3, 0.4) is 0 Å². The first kappa shape index (κ1) is 13.3. The van der Waals surface area contributed by atoms with Crippen LogP contribution >= 0.6 is 15.9 Å². The van der Waals surface area contributed by atoms with E-state index >= 15 is 0 Å². The monoisotopic (exact) mass is 307 g/mol. The molecule has 0 amide bonds. The summed E-state index contributed by atoms with van der Waals surface area (Å²) >= 11 is 3.32. The molecule has 0 aliphatic carbocycles. The van der Waals surface area contributed by atoms with Crippen molar-refractivity contribution in [1.82, 2.24) is 9.97 Å². The van der Waals surface area contributed by atoms with Crippen molar-refractivity contribution in [3.8, 4) is 0 Å². The molecule has 2 atom stereocenters.